The van der Waals surface area contributed by atoms with Gasteiger partial charge in [-0.05, 0) is 46.0 Å². The van der Waals surface area contributed by atoms with E-state index in [1.54, 1.807) is 0 Å². The van der Waals surface area contributed by atoms with E-state index < -0.39 is 43.3 Å². The molecule has 304 valence electrons. The van der Waals surface area contributed by atoms with Crippen LogP contribution in [0.25, 0.3) is 0 Å². The molecule has 0 atom stereocenters. The molecule has 53 heavy (non-hydrogen) atoms. The first-order chi connectivity index (χ1) is 22.2. The summed E-state index contributed by atoms with van der Waals surface area (Å²) in [6.45, 7) is 43.4. The van der Waals surface area contributed by atoms with Gasteiger partial charge < -0.3 is 20.4 Å². The number of allylic oxidation sites excluding steroid dienone is 8. The fourth-order valence-corrected chi connectivity index (χ4v) is 2.21. The van der Waals surface area contributed by atoms with Crippen molar-refractivity contribution in [2.24, 2.45) is 43.3 Å². The molecule has 0 bridgehead atoms. The summed E-state index contributed by atoms with van der Waals surface area (Å²) in [6, 6.07) is 0. The standard InChI is InChI=1S/4C11H20O2.Zr/c4*1-10(2,3)8(12)7-9(13)11(4,5)6;/h4*7,12H,1-6H3;/q;;;;+4/p-4/b4*8-7-;. The summed E-state index contributed by atoms with van der Waals surface area (Å²) in [5.74, 6) is -0.834. The van der Waals surface area contributed by atoms with Gasteiger partial charge in [0.05, 0.1) is 0 Å². The van der Waals surface area contributed by atoms with E-state index in [2.05, 4.69) is 0 Å². The van der Waals surface area contributed by atoms with Crippen LogP contribution in [0.1, 0.15) is 166 Å². The summed E-state index contributed by atoms with van der Waals surface area (Å²) in [4.78, 5) is 45.8. The zero-order valence-electron chi connectivity index (χ0n) is 38.1. The van der Waals surface area contributed by atoms with Crippen LogP contribution in [0.2, 0.25) is 0 Å². The van der Waals surface area contributed by atoms with E-state index in [0.29, 0.717) is 0 Å². The van der Waals surface area contributed by atoms with Crippen molar-refractivity contribution in [2.75, 3.05) is 0 Å². The molecule has 0 aliphatic carbocycles. The molecule has 0 rings (SSSR count). The Kier molecular flexibility index (Phi) is 24.6. The van der Waals surface area contributed by atoms with E-state index in [1.165, 1.54) is 24.3 Å². The third-order valence-corrected chi connectivity index (χ3v) is 6.96. The summed E-state index contributed by atoms with van der Waals surface area (Å²) in [7, 11) is 0. The molecule has 0 aliphatic heterocycles. The minimum atomic E-state index is -0.457. The Morgan fingerprint density at radius 3 is 0.415 bits per heavy atom. The summed E-state index contributed by atoms with van der Waals surface area (Å²) in [5.41, 5.74) is -3.66. The van der Waals surface area contributed by atoms with E-state index in [-0.39, 0.29) is 72.4 Å². The SMILES string of the molecule is CC(C)(C)C(=O)/C=C(\[O-])C(C)(C)C.CC(C)(C)C(=O)/C=C(\[O-])C(C)(C)C.CC(C)(C)C(=O)/C=C(\[O-])C(C)(C)C.CC(C)(C)C(=O)/C=C(\[O-])C(C)(C)C.[Zr+4]. The molecule has 0 saturated heterocycles. The van der Waals surface area contributed by atoms with Gasteiger partial charge in [-0.25, -0.2) is 0 Å². The quantitative estimate of drug-likeness (QED) is 0.207. The monoisotopic (exact) mass is 822 g/mol. The molecule has 0 aromatic rings. The minimum absolute atomic E-state index is 0. The topological polar surface area (TPSA) is 161 Å². The largest absolute Gasteiger partial charge is 4.00 e. The maximum atomic E-state index is 11.4. The number of hydrogen-bond donors (Lipinski definition) is 0. The van der Waals surface area contributed by atoms with E-state index in [4.69, 9.17) is 0 Å². The van der Waals surface area contributed by atoms with Crippen molar-refractivity contribution >= 4 is 23.1 Å². The Labute approximate surface area is 344 Å². The van der Waals surface area contributed by atoms with Crippen molar-refractivity contribution in [1.82, 2.24) is 0 Å². The molecular formula is C44H76O8Zr. The van der Waals surface area contributed by atoms with Crippen LogP contribution in [0.4, 0.5) is 0 Å². The van der Waals surface area contributed by atoms with Crippen molar-refractivity contribution in [3.05, 3.63) is 47.3 Å². The van der Waals surface area contributed by atoms with E-state index in [9.17, 15) is 39.6 Å². The van der Waals surface area contributed by atoms with Crippen molar-refractivity contribution in [2.45, 2.75) is 166 Å². The average Bonchev–Trinajstić information content (AvgIpc) is 2.85. The fourth-order valence-electron chi connectivity index (χ4n) is 2.21. The van der Waals surface area contributed by atoms with Gasteiger partial charge in [0.1, 0.15) is 0 Å². The minimum Gasteiger partial charge on any atom is -0.875 e. The molecule has 0 saturated carbocycles. The number of hydrogen-bond acceptors (Lipinski definition) is 8. The van der Waals surface area contributed by atoms with Gasteiger partial charge in [0.2, 0.25) is 0 Å². The van der Waals surface area contributed by atoms with E-state index in [0.717, 1.165) is 0 Å². The van der Waals surface area contributed by atoms with Gasteiger partial charge >= 0.3 is 26.2 Å². The van der Waals surface area contributed by atoms with Crippen LogP contribution in [0, 0.1) is 43.3 Å². The normalized spacial score (nSPS) is 14.2. The number of rotatable bonds is 4. The Hall–Kier alpha value is -2.28. The van der Waals surface area contributed by atoms with Crippen LogP contribution in [0.5, 0.6) is 0 Å². The molecule has 0 N–H and O–H groups in total. The van der Waals surface area contributed by atoms with Crippen molar-refractivity contribution in [3.63, 3.8) is 0 Å². The smallest absolute Gasteiger partial charge is 0.875 e. The predicted octanol–water partition coefficient (Wildman–Crippen LogP) is 7.57. The third kappa shape index (κ3) is 29.7. The van der Waals surface area contributed by atoms with Crippen LogP contribution in [0.3, 0.4) is 0 Å². The predicted molar refractivity (Wildman–Crippen MR) is 208 cm³/mol. The zero-order chi connectivity index (χ0) is 43.4. The van der Waals surface area contributed by atoms with Crippen LogP contribution >= 0.6 is 0 Å². The molecule has 0 heterocycles. The van der Waals surface area contributed by atoms with Crippen LogP contribution in [0.15, 0.2) is 47.3 Å². The molecule has 0 unspecified atom stereocenters. The van der Waals surface area contributed by atoms with Gasteiger partial charge in [0, 0.05) is 21.7 Å². The third-order valence-electron chi connectivity index (χ3n) is 6.96. The zero-order valence-corrected chi connectivity index (χ0v) is 40.5. The van der Waals surface area contributed by atoms with Gasteiger partial charge in [-0.2, -0.15) is 0 Å². The van der Waals surface area contributed by atoms with Gasteiger partial charge in [-0.1, -0.05) is 166 Å². The average molecular weight is 824 g/mol. The van der Waals surface area contributed by atoms with Gasteiger partial charge in [0.25, 0.3) is 0 Å². The maximum absolute atomic E-state index is 11.4. The summed E-state index contributed by atoms with van der Waals surface area (Å²) >= 11 is 0. The molecule has 0 radical (unpaired) electrons. The Bertz CT molecular complexity index is 1110. The molecule has 0 aromatic carbocycles. The van der Waals surface area contributed by atoms with Crippen molar-refractivity contribution in [1.29, 1.82) is 0 Å². The Morgan fingerprint density at radius 2 is 0.358 bits per heavy atom. The molecule has 0 aromatic heterocycles. The van der Waals surface area contributed by atoms with Crippen LogP contribution in [-0.4, -0.2) is 23.1 Å². The number of ketones is 4. The summed E-state index contributed by atoms with van der Waals surface area (Å²) in [5, 5.41) is 45.8. The number of carbonyl (C=O) groups excluding carboxylic acids is 4. The molecule has 8 nitrogen and oxygen atoms in total. The second kappa shape index (κ2) is 21.7. The summed E-state index contributed by atoms with van der Waals surface area (Å²) in [6.07, 6.45) is 4.89. The summed E-state index contributed by atoms with van der Waals surface area (Å²) < 4.78 is 0. The maximum Gasteiger partial charge on any atom is 4.00 e. The number of carbonyl (C=O) groups is 4. The first-order valence-electron chi connectivity index (χ1n) is 17.9. The molecule has 0 fully saturated rings. The fraction of sp³-hybridized carbons (Fsp3) is 0.727. The van der Waals surface area contributed by atoms with Crippen molar-refractivity contribution in [3.8, 4) is 0 Å². The second-order valence-electron chi connectivity index (χ2n) is 21.5. The van der Waals surface area contributed by atoms with Crippen molar-refractivity contribution < 1.29 is 65.8 Å². The second-order valence-corrected chi connectivity index (χ2v) is 21.5. The van der Waals surface area contributed by atoms with Gasteiger partial charge in [-0.3, -0.25) is 19.2 Å². The van der Waals surface area contributed by atoms with E-state index >= 15 is 0 Å². The van der Waals surface area contributed by atoms with Gasteiger partial charge in [-0.15, -0.1) is 23.0 Å². The molecule has 0 spiro atoms. The first kappa shape index (κ1) is 60.0. The molecule has 9 heteroatoms. The Morgan fingerprint density at radius 1 is 0.264 bits per heavy atom. The van der Waals surface area contributed by atoms with E-state index in [1.807, 2.05) is 166 Å². The van der Waals surface area contributed by atoms with Gasteiger partial charge in [0.15, 0.2) is 23.1 Å². The Balaban J connectivity index is -0.000000192. The van der Waals surface area contributed by atoms with Crippen LogP contribution < -0.4 is 20.4 Å². The molecule has 0 aliphatic rings. The molecule has 0 amide bonds. The van der Waals surface area contributed by atoms with Crippen LogP contribution in [-0.2, 0) is 45.4 Å². The first-order valence-corrected chi connectivity index (χ1v) is 17.9. The molecular weight excluding hydrogens is 748 g/mol.